The summed E-state index contributed by atoms with van der Waals surface area (Å²) < 4.78 is 0. The molecule has 0 atom stereocenters. The highest BCUT2D eigenvalue weighted by Crippen LogP contribution is 2.37. The van der Waals surface area contributed by atoms with E-state index >= 15 is 0 Å². The second-order valence-corrected chi connectivity index (χ2v) is 5.88. The number of fused-ring (bicyclic) bond motifs is 1. The summed E-state index contributed by atoms with van der Waals surface area (Å²) in [6.07, 6.45) is 3.41. The molecule has 0 N–H and O–H groups in total. The Balaban J connectivity index is 1.84. The quantitative estimate of drug-likeness (QED) is 0.578. The molecule has 0 aliphatic heterocycles. The summed E-state index contributed by atoms with van der Waals surface area (Å²) in [5.41, 5.74) is 8.27. The molecule has 0 saturated carbocycles. The predicted octanol–water partition coefficient (Wildman–Crippen LogP) is 5.51. The minimum Gasteiger partial charge on any atom is -0.152 e. The van der Waals surface area contributed by atoms with Crippen molar-refractivity contribution in [1.29, 1.82) is 0 Å². The van der Waals surface area contributed by atoms with Gasteiger partial charge in [-0.25, -0.2) is 0 Å². The third kappa shape index (κ3) is 1.91. The van der Waals surface area contributed by atoms with Gasteiger partial charge >= 0.3 is 0 Å². The number of hydrogen-bond donors (Lipinski definition) is 0. The van der Waals surface area contributed by atoms with E-state index in [4.69, 9.17) is 0 Å². The van der Waals surface area contributed by atoms with Gasteiger partial charge in [0.15, 0.2) is 0 Å². The molecule has 0 nitrogen and oxygen atoms in total. The van der Waals surface area contributed by atoms with E-state index < -0.39 is 0 Å². The van der Waals surface area contributed by atoms with E-state index in [1.165, 1.54) is 33.4 Å². The molecule has 1 aliphatic carbocycles. The van der Waals surface area contributed by atoms with Crippen LogP contribution in [0.3, 0.4) is 0 Å². The van der Waals surface area contributed by atoms with Crippen LogP contribution in [0.4, 0.5) is 0 Å². The molecule has 1 aliphatic rings. The summed E-state index contributed by atoms with van der Waals surface area (Å²) in [5.74, 6) is 0. The Bertz CT molecular complexity index is 765. The predicted molar refractivity (Wildman–Crippen MR) is 87.8 cm³/mol. The van der Waals surface area contributed by atoms with E-state index in [1.807, 2.05) is 0 Å². The van der Waals surface area contributed by atoms with Gasteiger partial charge in [-0.2, -0.15) is 11.3 Å². The van der Waals surface area contributed by atoms with Crippen LogP contribution in [0.15, 0.2) is 65.4 Å². The summed E-state index contributed by atoms with van der Waals surface area (Å²) in [6.45, 7) is 0. The molecule has 96 valence electrons. The molecule has 0 fully saturated rings. The van der Waals surface area contributed by atoms with Crippen molar-refractivity contribution in [2.24, 2.45) is 0 Å². The van der Waals surface area contributed by atoms with Gasteiger partial charge in [0.2, 0.25) is 0 Å². The highest BCUT2D eigenvalue weighted by Gasteiger charge is 2.17. The van der Waals surface area contributed by atoms with E-state index in [0.29, 0.717) is 0 Å². The summed E-state index contributed by atoms with van der Waals surface area (Å²) in [7, 11) is 0. The van der Waals surface area contributed by atoms with Gasteiger partial charge in [-0.15, -0.1) is 0 Å². The Labute approximate surface area is 123 Å². The average molecular weight is 274 g/mol. The van der Waals surface area contributed by atoms with E-state index in [9.17, 15) is 0 Å². The lowest BCUT2D eigenvalue weighted by atomic mass is 9.97. The number of hydrogen-bond acceptors (Lipinski definition) is 1. The average Bonchev–Trinajstić information content (AvgIpc) is 3.16. The van der Waals surface area contributed by atoms with Gasteiger partial charge in [-0.1, -0.05) is 48.5 Å². The zero-order chi connectivity index (χ0) is 13.4. The first-order valence-corrected chi connectivity index (χ1v) is 7.76. The van der Waals surface area contributed by atoms with Crippen LogP contribution in [0.25, 0.3) is 22.8 Å². The van der Waals surface area contributed by atoms with Gasteiger partial charge in [0, 0.05) is 0 Å². The Morgan fingerprint density at radius 1 is 0.800 bits per heavy atom. The fourth-order valence-corrected chi connectivity index (χ4v) is 3.55. The maximum Gasteiger partial charge on any atom is -0.00132 e. The molecule has 2 aromatic carbocycles. The maximum absolute atomic E-state index is 2.36. The standard InChI is InChI=1S/C19H14S/c1-2-5-14(6-3-1)18-8-4-7-15-11-17(12-19(15)18)16-9-10-20-13-16/h1-10,12-13H,11H2. The smallest absolute Gasteiger partial charge is 0.00132 e. The lowest BCUT2D eigenvalue weighted by Gasteiger charge is -2.07. The number of allylic oxidation sites excluding steroid dienone is 1. The molecule has 1 heteroatoms. The Kier molecular flexibility index (Phi) is 2.79. The van der Waals surface area contributed by atoms with E-state index in [2.05, 4.69) is 71.4 Å². The van der Waals surface area contributed by atoms with Crippen LogP contribution in [0.1, 0.15) is 16.7 Å². The number of benzene rings is 2. The lowest BCUT2D eigenvalue weighted by Crippen LogP contribution is -1.87. The molecule has 0 unspecified atom stereocenters. The van der Waals surface area contributed by atoms with Gasteiger partial charge in [0.25, 0.3) is 0 Å². The molecule has 0 amide bonds. The van der Waals surface area contributed by atoms with Crippen molar-refractivity contribution >= 4 is 23.0 Å². The van der Waals surface area contributed by atoms with E-state index in [-0.39, 0.29) is 0 Å². The highest BCUT2D eigenvalue weighted by molar-refractivity contribution is 7.08. The first-order valence-electron chi connectivity index (χ1n) is 6.82. The van der Waals surface area contributed by atoms with Gasteiger partial charge < -0.3 is 0 Å². The monoisotopic (exact) mass is 274 g/mol. The Hall–Kier alpha value is -2.12. The fourth-order valence-electron chi connectivity index (χ4n) is 2.87. The molecule has 0 bridgehead atoms. The normalized spacial score (nSPS) is 13.1. The summed E-state index contributed by atoms with van der Waals surface area (Å²) in [5, 5.41) is 4.39. The van der Waals surface area contributed by atoms with Crippen molar-refractivity contribution in [2.75, 3.05) is 0 Å². The van der Waals surface area contributed by atoms with Gasteiger partial charge in [-0.3, -0.25) is 0 Å². The first-order chi connectivity index (χ1) is 9.92. The molecule has 1 heterocycles. The largest absolute Gasteiger partial charge is 0.152 e. The van der Waals surface area contributed by atoms with Crippen molar-refractivity contribution in [2.45, 2.75) is 6.42 Å². The Morgan fingerprint density at radius 3 is 2.50 bits per heavy atom. The van der Waals surface area contributed by atoms with Crippen LogP contribution in [0.5, 0.6) is 0 Å². The van der Waals surface area contributed by atoms with Crippen molar-refractivity contribution in [3.05, 3.63) is 82.0 Å². The summed E-state index contributed by atoms with van der Waals surface area (Å²) in [4.78, 5) is 0. The molecule has 4 rings (SSSR count). The SMILES string of the molecule is C1=C(c2ccsc2)Cc2cccc(-c3ccccc3)c21. The van der Waals surface area contributed by atoms with Crippen LogP contribution in [-0.2, 0) is 6.42 Å². The van der Waals surface area contributed by atoms with Crippen LogP contribution in [-0.4, -0.2) is 0 Å². The Morgan fingerprint density at radius 2 is 1.70 bits per heavy atom. The first kappa shape index (κ1) is 11.7. The van der Waals surface area contributed by atoms with Gasteiger partial charge in [0.1, 0.15) is 0 Å². The molecule has 20 heavy (non-hydrogen) atoms. The van der Waals surface area contributed by atoms with Crippen LogP contribution in [0.2, 0.25) is 0 Å². The zero-order valence-electron chi connectivity index (χ0n) is 11.0. The fraction of sp³-hybridized carbons (Fsp3) is 0.0526. The van der Waals surface area contributed by atoms with Crippen molar-refractivity contribution < 1.29 is 0 Å². The zero-order valence-corrected chi connectivity index (χ0v) is 11.9. The van der Waals surface area contributed by atoms with Crippen molar-refractivity contribution in [3.8, 4) is 11.1 Å². The molecular weight excluding hydrogens is 260 g/mol. The molecule has 0 saturated heterocycles. The third-order valence-electron chi connectivity index (χ3n) is 3.87. The molecule has 3 aromatic rings. The van der Waals surface area contributed by atoms with Crippen LogP contribution >= 0.6 is 11.3 Å². The van der Waals surface area contributed by atoms with E-state index in [0.717, 1.165) is 6.42 Å². The minimum absolute atomic E-state index is 1.05. The lowest BCUT2D eigenvalue weighted by molar-refractivity contribution is 1.32. The van der Waals surface area contributed by atoms with Crippen molar-refractivity contribution in [1.82, 2.24) is 0 Å². The van der Waals surface area contributed by atoms with Gasteiger partial charge in [0.05, 0.1) is 0 Å². The van der Waals surface area contributed by atoms with Gasteiger partial charge in [-0.05, 0) is 62.7 Å². The van der Waals surface area contributed by atoms with Crippen LogP contribution in [0, 0.1) is 0 Å². The maximum atomic E-state index is 2.36. The molecule has 1 aromatic heterocycles. The molecular formula is C19H14S. The second kappa shape index (κ2) is 4.77. The number of thiophene rings is 1. The summed E-state index contributed by atoms with van der Waals surface area (Å²) in [6, 6.07) is 19.5. The van der Waals surface area contributed by atoms with E-state index in [1.54, 1.807) is 11.3 Å². The topological polar surface area (TPSA) is 0 Å². The molecule has 0 radical (unpaired) electrons. The second-order valence-electron chi connectivity index (χ2n) is 5.10. The molecule has 0 spiro atoms. The minimum atomic E-state index is 1.05. The third-order valence-corrected chi connectivity index (χ3v) is 4.56. The summed E-state index contributed by atoms with van der Waals surface area (Å²) >= 11 is 1.76. The number of rotatable bonds is 2. The van der Waals surface area contributed by atoms with Crippen molar-refractivity contribution in [3.63, 3.8) is 0 Å². The highest BCUT2D eigenvalue weighted by atomic mass is 32.1. The van der Waals surface area contributed by atoms with Crippen LogP contribution < -0.4 is 0 Å².